The molecule has 0 saturated carbocycles. The van der Waals surface area contributed by atoms with Crippen LogP contribution in [0.1, 0.15) is 162 Å². The minimum absolute atomic E-state index is 0.157. The quantitative estimate of drug-likeness (QED) is 0.0621. The largest absolute Gasteiger partial charge is 0.394 e. The lowest BCUT2D eigenvalue weighted by atomic mass is 10.0. The highest BCUT2D eigenvalue weighted by Crippen LogP contribution is 2.14. The average molecular weight is 526 g/mol. The number of nitrogens with one attached hydrogen (secondary N) is 1. The van der Waals surface area contributed by atoms with E-state index in [0.29, 0.717) is 12.8 Å². The third kappa shape index (κ3) is 23.9. The number of unbranched alkanes of at least 4 members (excludes halogenated alkanes) is 18. The van der Waals surface area contributed by atoms with E-state index in [1.807, 2.05) is 0 Å². The normalized spacial score (nSPS) is 14.2. The highest BCUT2D eigenvalue weighted by molar-refractivity contribution is 5.76. The zero-order valence-electron chi connectivity index (χ0n) is 24.6. The van der Waals surface area contributed by atoms with E-state index < -0.39 is 18.2 Å². The van der Waals surface area contributed by atoms with Crippen molar-refractivity contribution in [1.29, 1.82) is 0 Å². The number of carbonyl (C=O) groups is 1. The van der Waals surface area contributed by atoms with Crippen molar-refractivity contribution in [2.45, 2.75) is 180 Å². The molecule has 5 nitrogen and oxygen atoms in total. The van der Waals surface area contributed by atoms with Crippen molar-refractivity contribution in [1.82, 2.24) is 5.32 Å². The van der Waals surface area contributed by atoms with Crippen LogP contribution in [0.15, 0.2) is 12.2 Å². The molecule has 0 aliphatic carbocycles. The van der Waals surface area contributed by atoms with Crippen molar-refractivity contribution < 1.29 is 20.1 Å². The van der Waals surface area contributed by atoms with Gasteiger partial charge in [0.15, 0.2) is 0 Å². The molecule has 37 heavy (non-hydrogen) atoms. The molecule has 0 radical (unpaired) electrons. The molecule has 0 aromatic heterocycles. The molecule has 0 aromatic rings. The van der Waals surface area contributed by atoms with Crippen LogP contribution in [0, 0.1) is 0 Å². The van der Waals surface area contributed by atoms with Crippen LogP contribution in [-0.4, -0.2) is 46.1 Å². The Bertz CT molecular complexity index is 511. The van der Waals surface area contributed by atoms with E-state index in [0.717, 1.165) is 38.5 Å². The van der Waals surface area contributed by atoms with Crippen LogP contribution in [-0.2, 0) is 4.79 Å². The van der Waals surface area contributed by atoms with Crippen molar-refractivity contribution in [3.63, 3.8) is 0 Å². The molecule has 3 atom stereocenters. The number of carbonyl (C=O) groups excluding carboxylic acids is 1. The molecule has 220 valence electrons. The van der Waals surface area contributed by atoms with Crippen LogP contribution >= 0.6 is 0 Å². The molecule has 5 heteroatoms. The van der Waals surface area contributed by atoms with Crippen LogP contribution < -0.4 is 5.32 Å². The Morgan fingerprint density at radius 1 is 0.649 bits per heavy atom. The summed E-state index contributed by atoms with van der Waals surface area (Å²) in [7, 11) is 0. The minimum Gasteiger partial charge on any atom is -0.394 e. The molecule has 0 aliphatic heterocycles. The second-order valence-electron chi connectivity index (χ2n) is 11.0. The zero-order valence-corrected chi connectivity index (χ0v) is 24.6. The number of aliphatic hydroxyl groups excluding tert-OH is 3. The molecule has 0 aliphatic rings. The predicted octanol–water partition coefficient (Wildman–Crippen LogP) is 7.75. The topological polar surface area (TPSA) is 89.8 Å². The van der Waals surface area contributed by atoms with Gasteiger partial charge in [0, 0.05) is 6.42 Å². The van der Waals surface area contributed by atoms with Gasteiger partial charge in [0.05, 0.1) is 18.8 Å². The lowest BCUT2D eigenvalue weighted by Crippen LogP contribution is -2.50. The molecule has 0 saturated heterocycles. The van der Waals surface area contributed by atoms with E-state index in [-0.39, 0.29) is 12.5 Å². The first-order valence-electron chi connectivity index (χ1n) is 16.0. The second kappa shape index (κ2) is 28.1. The average Bonchev–Trinajstić information content (AvgIpc) is 2.90. The van der Waals surface area contributed by atoms with E-state index in [1.54, 1.807) is 0 Å². The Balaban J connectivity index is 3.75. The monoisotopic (exact) mass is 525 g/mol. The molecule has 0 fully saturated rings. The van der Waals surface area contributed by atoms with Gasteiger partial charge in [-0.25, -0.2) is 0 Å². The standard InChI is InChI=1S/C32H63NO4/c1-3-5-7-9-11-13-14-15-16-17-19-21-23-25-27-31(36)33-29(28-34)32(37)30(35)26-24-22-20-18-12-10-8-6-4-2/h18,20,29-30,32,34-35,37H,3-17,19,21-28H2,1-2H3,(H,33,36)/b20-18+. The van der Waals surface area contributed by atoms with E-state index in [1.165, 1.54) is 96.3 Å². The second-order valence-corrected chi connectivity index (χ2v) is 11.0. The molecular formula is C32H63NO4. The predicted molar refractivity (Wildman–Crippen MR) is 158 cm³/mol. The van der Waals surface area contributed by atoms with Crippen LogP contribution in [0.4, 0.5) is 0 Å². The van der Waals surface area contributed by atoms with Gasteiger partial charge in [0.2, 0.25) is 5.91 Å². The number of hydrogen-bond acceptors (Lipinski definition) is 4. The first-order valence-corrected chi connectivity index (χ1v) is 16.0. The summed E-state index contributed by atoms with van der Waals surface area (Å²) in [4.78, 5) is 12.3. The number of amides is 1. The maximum atomic E-state index is 12.3. The lowest BCUT2D eigenvalue weighted by molar-refractivity contribution is -0.124. The van der Waals surface area contributed by atoms with Crippen molar-refractivity contribution >= 4 is 5.91 Å². The minimum atomic E-state index is -1.15. The summed E-state index contributed by atoms with van der Waals surface area (Å²) in [6, 6.07) is -0.816. The van der Waals surface area contributed by atoms with Gasteiger partial charge in [-0.1, -0.05) is 129 Å². The number of allylic oxidation sites excluding steroid dienone is 2. The summed E-state index contributed by atoms with van der Waals surface area (Å²) in [6.45, 7) is 4.10. The van der Waals surface area contributed by atoms with Gasteiger partial charge in [-0.15, -0.1) is 0 Å². The van der Waals surface area contributed by atoms with E-state index in [2.05, 4.69) is 31.3 Å². The van der Waals surface area contributed by atoms with Crippen molar-refractivity contribution in [3.05, 3.63) is 12.2 Å². The Hall–Kier alpha value is -0.910. The van der Waals surface area contributed by atoms with E-state index in [4.69, 9.17) is 0 Å². The first-order chi connectivity index (χ1) is 18.1. The van der Waals surface area contributed by atoms with Gasteiger partial charge < -0.3 is 20.6 Å². The maximum absolute atomic E-state index is 12.3. The Morgan fingerprint density at radius 2 is 1.08 bits per heavy atom. The molecule has 3 unspecified atom stereocenters. The molecule has 0 bridgehead atoms. The fourth-order valence-electron chi connectivity index (χ4n) is 4.81. The molecule has 0 rings (SSSR count). The Kier molecular flexibility index (Phi) is 27.4. The van der Waals surface area contributed by atoms with Crippen molar-refractivity contribution in [2.24, 2.45) is 0 Å². The van der Waals surface area contributed by atoms with Gasteiger partial charge in [-0.05, 0) is 38.5 Å². The van der Waals surface area contributed by atoms with Gasteiger partial charge in [-0.3, -0.25) is 4.79 Å². The summed E-state index contributed by atoms with van der Waals surface area (Å²) in [6.07, 6.45) is 28.7. The molecule has 4 N–H and O–H groups in total. The lowest BCUT2D eigenvalue weighted by Gasteiger charge is -2.26. The molecule has 0 aromatic carbocycles. The summed E-state index contributed by atoms with van der Waals surface area (Å²) in [5.41, 5.74) is 0. The Labute approximate surface area is 229 Å². The summed E-state index contributed by atoms with van der Waals surface area (Å²) in [5.74, 6) is -0.157. The summed E-state index contributed by atoms with van der Waals surface area (Å²) < 4.78 is 0. The number of rotatable bonds is 28. The van der Waals surface area contributed by atoms with Gasteiger partial charge >= 0.3 is 0 Å². The van der Waals surface area contributed by atoms with Crippen LogP contribution in [0.3, 0.4) is 0 Å². The molecule has 1 amide bonds. The van der Waals surface area contributed by atoms with Crippen LogP contribution in [0.2, 0.25) is 0 Å². The smallest absolute Gasteiger partial charge is 0.220 e. The van der Waals surface area contributed by atoms with E-state index >= 15 is 0 Å². The Morgan fingerprint density at radius 3 is 1.57 bits per heavy atom. The number of hydrogen-bond donors (Lipinski definition) is 4. The van der Waals surface area contributed by atoms with Gasteiger partial charge in [0.1, 0.15) is 6.10 Å². The fourth-order valence-corrected chi connectivity index (χ4v) is 4.81. The maximum Gasteiger partial charge on any atom is 0.220 e. The van der Waals surface area contributed by atoms with Gasteiger partial charge in [-0.2, -0.15) is 0 Å². The van der Waals surface area contributed by atoms with E-state index in [9.17, 15) is 20.1 Å². The molecule has 0 heterocycles. The third-order valence-corrected chi connectivity index (χ3v) is 7.37. The molecular weight excluding hydrogens is 462 g/mol. The van der Waals surface area contributed by atoms with Crippen molar-refractivity contribution in [2.75, 3.05) is 6.61 Å². The SMILES string of the molecule is CCCCCC/C=C/CCCC(O)C(O)C(CO)NC(=O)CCCCCCCCCCCCCCCC. The third-order valence-electron chi connectivity index (χ3n) is 7.37. The first kappa shape index (κ1) is 36.1. The zero-order chi connectivity index (χ0) is 27.4. The highest BCUT2D eigenvalue weighted by Gasteiger charge is 2.26. The summed E-state index contributed by atoms with van der Waals surface area (Å²) >= 11 is 0. The van der Waals surface area contributed by atoms with Crippen LogP contribution in [0.5, 0.6) is 0 Å². The van der Waals surface area contributed by atoms with Crippen molar-refractivity contribution in [3.8, 4) is 0 Å². The van der Waals surface area contributed by atoms with Crippen LogP contribution in [0.25, 0.3) is 0 Å². The number of aliphatic hydroxyl groups is 3. The summed E-state index contributed by atoms with van der Waals surface area (Å²) in [5, 5.41) is 33.0. The highest BCUT2D eigenvalue weighted by atomic mass is 16.3. The molecule has 0 spiro atoms. The van der Waals surface area contributed by atoms with Gasteiger partial charge in [0.25, 0.3) is 0 Å². The fraction of sp³-hybridized carbons (Fsp3) is 0.906.